The third-order valence-electron chi connectivity index (χ3n) is 13.9. The predicted octanol–water partition coefficient (Wildman–Crippen LogP) is 8.56. The smallest absolute Gasteiger partial charge is 0.246 e. The Bertz CT molecular complexity index is 2880. The first-order chi connectivity index (χ1) is 34.5. The van der Waals surface area contributed by atoms with E-state index in [0.717, 1.165) is 68.9 Å². The van der Waals surface area contributed by atoms with Crippen LogP contribution in [0.3, 0.4) is 0 Å². The third kappa shape index (κ3) is 11.3. The fourth-order valence-electron chi connectivity index (χ4n) is 9.89. The Labute approximate surface area is 434 Å². The Balaban J connectivity index is 0.818. The largest absolute Gasteiger partial charge is 0.486 e. The lowest BCUT2D eigenvalue weighted by Gasteiger charge is -2.37. The number of aliphatic hydroxyl groups excluding tert-OH is 1. The number of nitrogens with one attached hydrogen (secondary N) is 2. The molecule has 4 aromatic heterocycles. The monoisotopic (exact) mass is 1040 g/mol. The first kappa shape index (κ1) is 51.2. The molecule has 16 nitrogen and oxygen atoms in total. The molecule has 0 radical (unpaired) electrons. The second-order valence-electron chi connectivity index (χ2n) is 20.1. The topological polar surface area (TPSA) is 180 Å². The Morgan fingerprint density at radius 1 is 0.931 bits per heavy atom. The highest BCUT2D eigenvalue weighted by Crippen LogP contribution is 2.38. The molecule has 1 unspecified atom stereocenters. The number of ether oxygens (including phenoxy) is 2. The number of thiazole rings is 1. The van der Waals surface area contributed by atoms with Crippen LogP contribution in [0.1, 0.15) is 95.5 Å². The van der Waals surface area contributed by atoms with E-state index in [-0.39, 0.29) is 43.6 Å². The minimum absolute atomic E-state index is 0.00215. The van der Waals surface area contributed by atoms with Gasteiger partial charge in [0.25, 0.3) is 0 Å². The molecule has 3 saturated heterocycles. The van der Waals surface area contributed by atoms with Crippen molar-refractivity contribution in [2.24, 2.45) is 5.41 Å². The summed E-state index contributed by atoms with van der Waals surface area (Å²) < 4.78 is 14.6. The first-order valence-electron chi connectivity index (χ1n) is 24.6. The molecule has 0 saturated carbocycles. The van der Waals surface area contributed by atoms with Crippen LogP contribution in [0.2, 0.25) is 10.0 Å². The molecule has 2 aromatic carbocycles. The van der Waals surface area contributed by atoms with Crippen molar-refractivity contribution in [3.8, 4) is 27.4 Å². The number of aryl methyl sites for hydroxylation is 1. The van der Waals surface area contributed by atoms with Gasteiger partial charge in [0, 0.05) is 80.9 Å². The Hall–Kier alpha value is -5.69. The van der Waals surface area contributed by atoms with Crippen LogP contribution in [0.5, 0.6) is 5.75 Å². The van der Waals surface area contributed by atoms with E-state index in [1.807, 2.05) is 113 Å². The van der Waals surface area contributed by atoms with Crippen molar-refractivity contribution in [1.82, 2.24) is 45.2 Å². The van der Waals surface area contributed by atoms with E-state index in [0.29, 0.717) is 54.1 Å². The number of nitrogens with zero attached hydrogens (tertiary/aromatic N) is 8. The molecule has 3 amide bonds. The zero-order chi connectivity index (χ0) is 50.8. The molecule has 3 N–H and O–H groups in total. The summed E-state index contributed by atoms with van der Waals surface area (Å²) in [6.07, 6.45) is 6.49. The van der Waals surface area contributed by atoms with Gasteiger partial charge < -0.3 is 35.0 Å². The number of β-amino-alcohol motifs (C(OH)–C–C–N with tert-alkyl or cyclic N) is 1. The van der Waals surface area contributed by atoms with Gasteiger partial charge >= 0.3 is 0 Å². The Morgan fingerprint density at radius 2 is 1.67 bits per heavy atom. The number of carbonyl (C=O) groups excluding carboxylic acids is 3. The van der Waals surface area contributed by atoms with Crippen LogP contribution in [-0.4, -0.2) is 121 Å². The van der Waals surface area contributed by atoms with E-state index in [4.69, 9.17) is 42.8 Å². The van der Waals surface area contributed by atoms with Gasteiger partial charge in [-0.15, -0.1) is 11.3 Å². The number of amides is 3. The number of halogens is 2. The van der Waals surface area contributed by atoms with Crippen molar-refractivity contribution in [1.29, 1.82) is 0 Å². The van der Waals surface area contributed by atoms with Gasteiger partial charge in [-0.2, -0.15) is 5.10 Å². The summed E-state index contributed by atoms with van der Waals surface area (Å²) in [4.78, 5) is 62.0. The molecule has 0 bridgehead atoms. The third-order valence-corrected chi connectivity index (χ3v) is 15.4. The van der Waals surface area contributed by atoms with Crippen molar-refractivity contribution in [2.75, 3.05) is 50.8 Å². The number of fused-ring (bicyclic) bond motifs is 1. The molecule has 0 spiro atoms. The number of carbonyl (C=O) groups is 3. The first-order valence-corrected chi connectivity index (χ1v) is 26.3. The van der Waals surface area contributed by atoms with Crippen molar-refractivity contribution in [3.05, 3.63) is 106 Å². The fraction of sp³-hybridized carbons (Fsp3) is 0.453. The number of anilines is 1. The van der Waals surface area contributed by atoms with E-state index in [2.05, 4.69) is 30.4 Å². The Kier molecular flexibility index (Phi) is 15.5. The summed E-state index contributed by atoms with van der Waals surface area (Å²) in [5.41, 5.74) is 7.26. The van der Waals surface area contributed by atoms with Crippen LogP contribution in [0.15, 0.2) is 78.7 Å². The number of aliphatic hydroxyl groups is 1. The second kappa shape index (κ2) is 21.8. The molecule has 7 heterocycles. The summed E-state index contributed by atoms with van der Waals surface area (Å²) in [5, 5.41) is 23.7. The molecule has 19 heteroatoms. The van der Waals surface area contributed by atoms with Crippen molar-refractivity contribution in [2.45, 2.75) is 104 Å². The number of hydrogen-bond acceptors (Lipinski definition) is 13. The van der Waals surface area contributed by atoms with Gasteiger partial charge in [-0.3, -0.25) is 24.3 Å². The molecular weight excluding hydrogens is 976 g/mol. The number of hydrogen-bond donors (Lipinski definition) is 3. The van der Waals surface area contributed by atoms with E-state index in [9.17, 15) is 19.5 Å². The highest BCUT2D eigenvalue weighted by atomic mass is 35.5. The lowest BCUT2D eigenvalue weighted by atomic mass is 9.85. The van der Waals surface area contributed by atoms with Crippen LogP contribution < -0.4 is 20.3 Å². The number of aromatic nitrogens is 5. The number of benzene rings is 2. The van der Waals surface area contributed by atoms with Gasteiger partial charge in [-0.25, -0.2) is 14.6 Å². The van der Waals surface area contributed by atoms with Gasteiger partial charge in [0.15, 0.2) is 6.23 Å². The maximum Gasteiger partial charge on any atom is 0.246 e. The number of pyridine rings is 2. The summed E-state index contributed by atoms with van der Waals surface area (Å²) in [6, 6.07) is 15.8. The molecular formula is C53H62Cl2N10O6S. The van der Waals surface area contributed by atoms with Crippen LogP contribution in [0.25, 0.3) is 32.6 Å². The molecule has 6 aromatic rings. The lowest BCUT2D eigenvalue weighted by molar-refractivity contribution is -0.144. The normalized spacial score (nSPS) is 20.0. The maximum atomic E-state index is 14.4. The van der Waals surface area contributed by atoms with Crippen LogP contribution in [-0.2, 0) is 19.1 Å². The van der Waals surface area contributed by atoms with Gasteiger partial charge in [-0.05, 0) is 86.9 Å². The van der Waals surface area contributed by atoms with E-state index < -0.39 is 35.6 Å². The summed E-state index contributed by atoms with van der Waals surface area (Å²) >= 11 is 14.5. The second-order valence-corrected chi connectivity index (χ2v) is 21.8. The predicted molar refractivity (Wildman–Crippen MR) is 280 cm³/mol. The molecule has 6 atom stereocenters. The standard InChI is InChI=1S/C53H62Cl2N10O6S/c1-31(34-10-12-35(13-11-34)49-32(2)58-30-72-49)59-51(68)43-23-37(66)28-64(43)52(69)50(53(4,5)6)60-45(67)29-62-18-20-63(21-19-62)44-17-14-36(25-57-44)48-39-24-38(71-33(3)47-40(54)26-56-27-41(47)55)15-16-42(39)65(61-48)46-9-7-8-22-70-46/h10-17,24-27,30-31,33,37,43,46,50,66H,7-9,18-23,28-29H2,1-6H3,(H,59,68)(H,60,67)/t31-,33+,37+,43-,46?,50+/m0/s1. The molecule has 3 fully saturated rings. The van der Waals surface area contributed by atoms with E-state index in [1.165, 1.54) is 4.90 Å². The van der Waals surface area contributed by atoms with Crippen LogP contribution >= 0.6 is 34.5 Å². The molecule has 9 rings (SSSR count). The molecule has 3 aliphatic heterocycles. The average Bonchev–Trinajstić information content (AvgIpc) is 4.09. The minimum Gasteiger partial charge on any atom is -0.486 e. The number of likely N-dealkylation sites (tertiary alicyclic amines) is 1. The van der Waals surface area contributed by atoms with Gasteiger partial charge in [0.05, 0.1) is 50.3 Å². The molecule has 72 heavy (non-hydrogen) atoms. The highest BCUT2D eigenvalue weighted by molar-refractivity contribution is 7.13. The van der Waals surface area contributed by atoms with Crippen molar-refractivity contribution in [3.63, 3.8) is 0 Å². The molecule has 0 aliphatic carbocycles. The van der Waals surface area contributed by atoms with Gasteiger partial charge in [0.2, 0.25) is 17.7 Å². The zero-order valence-corrected chi connectivity index (χ0v) is 43.8. The lowest BCUT2D eigenvalue weighted by Crippen LogP contribution is -2.59. The SMILES string of the molecule is Cc1ncsc1-c1ccc([C@H](C)NC(=O)[C@@H]2C[C@@H](O)CN2C(=O)[C@@H](NC(=O)CN2CCN(c3ccc(-c4nn(C5CCCCO5)c5ccc(O[C@H](C)c6c(Cl)cncc6Cl)cc45)cn3)CC2)C(C)(C)C)cc1. The van der Waals surface area contributed by atoms with E-state index in [1.54, 1.807) is 23.7 Å². The van der Waals surface area contributed by atoms with Crippen LogP contribution in [0.4, 0.5) is 5.82 Å². The van der Waals surface area contributed by atoms with Crippen molar-refractivity contribution < 1.29 is 29.0 Å². The summed E-state index contributed by atoms with van der Waals surface area (Å²) in [5.74, 6) is 0.405. The zero-order valence-electron chi connectivity index (χ0n) is 41.5. The molecule has 380 valence electrons. The number of rotatable bonds is 14. The minimum atomic E-state index is -0.929. The van der Waals surface area contributed by atoms with Gasteiger partial charge in [-0.1, -0.05) is 68.2 Å². The summed E-state index contributed by atoms with van der Waals surface area (Å²) in [7, 11) is 0. The average molecular weight is 1040 g/mol. The summed E-state index contributed by atoms with van der Waals surface area (Å²) in [6.45, 7) is 14.7. The highest BCUT2D eigenvalue weighted by Gasteiger charge is 2.45. The number of piperazine rings is 1. The van der Waals surface area contributed by atoms with E-state index >= 15 is 0 Å². The molecule has 3 aliphatic rings. The Morgan fingerprint density at radius 3 is 2.32 bits per heavy atom. The fourth-order valence-corrected chi connectivity index (χ4v) is 11.4. The van der Waals surface area contributed by atoms with Gasteiger partial charge in [0.1, 0.15) is 35.4 Å². The quantitative estimate of drug-likeness (QED) is 0.0948. The van der Waals surface area contributed by atoms with Crippen molar-refractivity contribution >= 4 is 69.0 Å². The maximum absolute atomic E-state index is 14.4. The van der Waals surface area contributed by atoms with Crippen LogP contribution in [0, 0.1) is 12.3 Å².